The van der Waals surface area contributed by atoms with Crippen molar-refractivity contribution in [3.63, 3.8) is 0 Å². The average molecular weight is 148 g/mol. The molecule has 8 heavy (non-hydrogen) atoms. The Balaban J connectivity index is 2.71. The van der Waals surface area contributed by atoms with Crippen LogP contribution in [0.3, 0.4) is 0 Å². The van der Waals surface area contributed by atoms with E-state index in [0.29, 0.717) is 0 Å². The van der Waals surface area contributed by atoms with E-state index in [1.54, 1.807) is 0 Å². The Labute approximate surface area is 53.4 Å². The lowest BCUT2D eigenvalue weighted by Crippen LogP contribution is -2.14. The molecule has 0 aromatic heterocycles. The predicted molar refractivity (Wildman–Crippen MR) is 44.1 cm³/mol. The molecular weight excluding hydrogens is 138 g/mol. The zero-order valence-electron chi connectivity index (χ0n) is 4.72. The molecule has 0 heterocycles. The first-order valence-corrected chi connectivity index (χ1v) is 4.45. The van der Waals surface area contributed by atoms with E-state index in [4.69, 9.17) is 0 Å². The first kappa shape index (κ1) is 8.26. The molecule has 0 aromatic rings. The summed E-state index contributed by atoms with van der Waals surface area (Å²) in [7, 11) is 1.99. The van der Waals surface area contributed by atoms with E-state index in [1.165, 1.54) is 0 Å². The highest BCUT2D eigenvalue weighted by molar-refractivity contribution is 7.34. The van der Waals surface area contributed by atoms with Gasteiger partial charge in [0.2, 0.25) is 0 Å². The van der Waals surface area contributed by atoms with Crippen molar-refractivity contribution in [3.05, 3.63) is 0 Å². The molecule has 0 atom stereocenters. The molecule has 0 aliphatic heterocycles. The maximum atomic E-state index is 3.60. The van der Waals surface area contributed by atoms with Gasteiger partial charge < -0.3 is 0 Å². The van der Waals surface area contributed by atoms with Crippen LogP contribution in [0.25, 0.3) is 0 Å². The standard InChI is InChI=1S/C4H10N2P2/c1-7-5-3-4-6-8-2/h5-6H,1-4H2. The van der Waals surface area contributed by atoms with Gasteiger partial charge in [-0.1, -0.05) is 12.6 Å². The molecule has 2 N–H and O–H groups in total. The third kappa shape index (κ3) is 6.26. The lowest BCUT2D eigenvalue weighted by molar-refractivity contribution is 0.871. The third-order valence-corrected chi connectivity index (χ3v) is 1.47. The SMILES string of the molecule is C=PNCCNP=C. The van der Waals surface area contributed by atoms with Crippen LogP contribution in [-0.2, 0) is 0 Å². The summed E-state index contributed by atoms with van der Waals surface area (Å²) in [4.78, 5) is 0. The van der Waals surface area contributed by atoms with E-state index in [0.717, 1.165) is 29.8 Å². The van der Waals surface area contributed by atoms with Crippen LogP contribution in [-0.4, -0.2) is 25.7 Å². The largest absolute Gasteiger partial charge is 0.270 e. The summed E-state index contributed by atoms with van der Waals surface area (Å²) in [5, 5.41) is 6.10. The number of hydrogen-bond acceptors (Lipinski definition) is 2. The summed E-state index contributed by atoms with van der Waals surface area (Å²) < 4.78 is 0. The van der Waals surface area contributed by atoms with Gasteiger partial charge >= 0.3 is 0 Å². The van der Waals surface area contributed by atoms with Crippen molar-refractivity contribution in [2.45, 2.75) is 0 Å². The molecule has 2 nitrogen and oxygen atoms in total. The Hall–Kier alpha value is 0.260. The minimum Gasteiger partial charge on any atom is -0.270 e. The lowest BCUT2D eigenvalue weighted by Gasteiger charge is -1.93. The molecule has 0 unspecified atom stereocenters. The van der Waals surface area contributed by atoms with Gasteiger partial charge in [0.05, 0.1) is 0 Å². The molecule has 0 aromatic carbocycles. The third-order valence-electron chi connectivity index (χ3n) is 0.572. The minimum atomic E-state index is 0.966. The van der Waals surface area contributed by atoms with Gasteiger partial charge in [0, 0.05) is 13.1 Å². The molecule has 0 rings (SSSR count). The Morgan fingerprint density at radius 2 is 1.38 bits per heavy atom. The maximum absolute atomic E-state index is 3.60. The normalized spacial score (nSPS) is 10.5. The maximum Gasteiger partial charge on any atom is 0.0168 e. The molecule has 0 spiro atoms. The fraction of sp³-hybridized carbons (Fsp3) is 0.500. The second-order valence-electron chi connectivity index (χ2n) is 1.13. The molecule has 0 amide bonds. The Bertz CT molecular complexity index is 64.4. The highest BCUT2D eigenvalue weighted by atomic mass is 31.1. The lowest BCUT2D eigenvalue weighted by atomic mass is 10.7. The first-order valence-electron chi connectivity index (χ1n) is 2.29. The van der Waals surface area contributed by atoms with E-state index in [2.05, 4.69) is 22.8 Å². The second-order valence-corrected chi connectivity index (χ2v) is 2.40. The first-order chi connectivity index (χ1) is 3.91. The predicted octanol–water partition coefficient (Wildman–Crippen LogP) is 0.752. The van der Waals surface area contributed by atoms with Crippen LogP contribution in [0.5, 0.6) is 0 Å². The van der Waals surface area contributed by atoms with Gasteiger partial charge in [0.1, 0.15) is 0 Å². The van der Waals surface area contributed by atoms with Crippen molar-refractivity contribution in [2.75, 3.05) is 13.1 Å². The van der Waals surface area contributed by atoms with Crippen molar-refractivity contribution in [1.29, 1.82) is 0 Å². The van der Waals surface area contributed by atoms with Gasteiger partial charge in [-0.05, 0) is 16.7 Å². The van der Waals surface area contributed by atoms with Crippen LogP contribution in [0.15, 0.2) is 0 Å². The average Bonchev–Trinajstić information content (AvgIpc) is 1.81. The van der Waals surface area contributed by atoms with Crippen molar-refractivity contribution in [1.82, 2.24) is 10.2 Å². The smallest absolute Gasteiger partial charge is 0.0168 e. The summed E-state index contributed by atoms with van der Waals surface area (Å²) in [5.41, 5.74) is 0. The van der Waals surface area contributed by atoms with Crippen LogP contribution in [0.4, 0.5) is 0 Å². The molecule has 0 fully saturated rings. The van der Waals surface area contributed by atoms with E-state index in [-0.39, 0.29) is 0 Å². The van der Waals surface area contributed by atoms with Gasteiger partial charge in [0.25, 0.3) is 0 Å². The highest BCUT2D eigenvalue weighted by Gasteiger charge is 1.76. The van der Waals surface area contributed by atoms with Crippen LogP contribution < -0.4 is 10.2 Å². The summed E-state index contributed by atoms with van der Waals surface area (Å²) in [5.74, 6) is 0. The summed E-state index contributed by atoms with van der Waals surface area (Å²) in [6.07, 6.45) is 7.20. The molecule has 46 valence electrons. The van der Waals surface area contributed by atoms with E-state index < -0.39 is 0 Å². The Morgan fingerprint density at radius 3 is 1.62 bits per heavy atom. The van der Waals surface area contributed by atoms with Crippen LogP contribution in [0, 0.1) is 0 Å². The second kappa shape index (κ2) is 7.26. The summed E-state index contributed by atoms with van der Waals surface area (Å²) in [6.45, 7) is 1.93. The van der Waals surface area contributed by atoms with Gasteiger partial charge in [0.15, 0.2) is 0 Å². The topological polar surface area (TPSA) is 24.1 Å². The van der Waals surface area contributed by atoms with Gasteiger partial charge in [-0.3, -0.25) is 10.2 Å². The minimum absolute atomic E-state index is 0.966. The fourth-order valence-corrected chi connectivity index (χ4v) is 0.810. The van der Waals surface area contributed by atoms with Gasteiger partial charge in [-0.25, -0.2) is 0 Å². The van der Waals surface area contributed by atoms with Crippen molar-refractivity contribution in [2.24, 2.45) is 0 Å². The number of rotatable bonds is 5. The summed E-state index contributed by atoms with van der Waals surface area (Å²) in [6, 6.07) is 0. The Morgan fingerprint density at radius 1 is 1.00 bits per heavy atom. The van der Waals surface area contributed by atoms with Gasteiger partial charge in [-0.15, -0.1) is 0 Å². The van der Waals surface area contributed by atoms with E-state index in [9.17, 15) is 0 Å². The molecule has 0 bridgehead atoms. The quantitative estimate of drug-likeness (QED) is 0.444. The number of nitrogens with one attached hydrogen (secondary N) is 2. The zero-order valence-corrected chi connectivity index (χ0v) is 6.51. The molecule has 0 saturated heterocycles. The molecular formula is C4H10N2P2. The highest BCUT2D eigenvalue weighted by Crippen LogP contribution is 1.79. The number of hydrogen-bond donors (Lipinski definition) is 2. The monoisotopic (exact) mass is 148 g/mol. The Kier molecular flexibility index (Phi) is 7.50. The molecule has 0 aliphatic rings. The van der Waals surface area contributed by atoms with Crippen molar-refractivity contribution >= 4 is 29.3 Å². The van der Waals surface area contributed by atoms with Crippen LogP contribution >= 0.6 is 16.7 Å². The van der Waals surface area contributed by atoms with Crippen molar-refractivity contribution in [3.8, 4) is 0 Å². The van der Waals surface area contributed by atoms with E-state index in [1.807, 2.05) is 0 Å². The zero-order chi connectivity index (χ0) is 6.24. The van der Waals surface area contributed by atoms with Crippen LogP contribution in [0.2, 0.25) is 0 Å². The van der Waals surface area contributed by atoms with Crippen molar-refractivity contribution < 1.29 is 0 Å². The van der Waals surface area contributed by atoms with Crippen LogP contribution in [0.1, 0.15) is 0 Å². The molecule has 4 heteroatoms. The fourth-order valence-electron chi connectivity index (χ4n) is 0.270. The van der Waals surface area contributed by atoms with E-state index >= 15 is 0 Å². The molecule has 0 saturated carbocycles. The van der Waals surface area contributed by atoms with Gasteiger partial charge in [-0.2, -0.15) is 0 Å². The molecule has 0 aliphatic carbocycles. The summed E-state index contributed by atoms with van der Waals surface area (Å²) >= 11 is 0. The molecule has 0 radical (unpaired) electrons.